The molecule has 0 aliphatic heterocycles. The highest BCUT2D eigenvalue weighted by Gasteiger charge is 2.13. The molecule has 0 atom stereocenters. The molecule has 0 saturated heterocycles. The Balaban J connectivity index is 0.00000162. The highest BCUT2D eigenvalue weighted by atomic mass is 127. The molecule has 18 heavy (non-hydrogen) atoms. The molecule has 5 heteroatoms. The smallest absolute Gasteiger partial charge is 0.267 e. The second-order valence-electron chi connectivity index (χ2n) is 3.52. The van der Waals surface area contributed by atoms with Gasteiger partial charge in [0.1, 0.15) is 0 Å². The highest BCUT2D eigenvalue weighted by molar-refractivity contribution is 14.1. The van der Waals surface area contributed by atoms with Crippen molar-refractivity contribution < 1.29 is 4.79 Å². The van der Waals surface area contributed by atoms with Crippen molar-refractivity contribution in [1.82, 2.24) is 0 Å². The fraction of sp³-hybridized carbons (Fsp3) is 0. The summed E-state index contributed by atoms with van der Waals surface area (Å²) in [5, 5.41) is 1.16. The molecule has 0 heterocycles. The third kappa shape index (κ3) is 3.44. The maximum absolute atomic E-state index is 12.1. The quantitative estimate of drug-likeness (QED) is 0.380. The molecular formula is C13H12ClIN2O. The summed E-state index contributed by atoms with van der Waals surface area (Å²) < 4.78 is 1.01. The van der Waals surface area contributed by atoms with Crippen LogP contribution >= 0.6 is 35.0 Å². The van der Waals surface area contributed by atoms with Gasteiger partial charge in [-0.05, 0) is 52.9 Å². The first-order valence-corrected chi connectivity index (χ1v) is 6.16. The molecule has 0 spiro atoms. The predicted molar refractivity (Wildman–Crippen MR) is 83.8 cm³/mol. The second kappa shape index (κ2) is 6.72. The molecule has 2 aromatic rings. The van der Waals surface area contributed by atoms with Crippen molar-refractivity contribution in [2.75, 3.05) is 5.01 Å². The van der Waals surface area contributed by atoms with E-state index in [1.165, 1.54) is 0 Å². The largest absolute Gasteiger partial charge is 0.272 e. The van der Waals surface area contributed by atoms with E-state index in [0.717, 1.165) is 8.58 Å². The second-order valence-corrected chi connectivity index (χ2v) is 4.77. The lowest BCUT2D eigenvalue weighted by molar-refractivity contribution is 0.0987. The van der Waals surface area contributed by atoms with Crippen LogP contribution in [0.2, 0.25) is 0 Å². The molecule has 0 radical (unpaired) electrons. The van der Waals surface area contributed by atoms with Crippen molar-refractivity contribution in [2.45, 2.75) is 0 Å². The lowest BCUT2D eigenvalue weighted by atomic mass is 10.2. The lowest BCUT2D eigenvalue weighted by Gasteiger charge is -2.16. The van der Waals surface area contributed by atoms with Gasteiger partial charge in [0.2, 0.25) is 0 Å². The molecule has 2 aromatic carbocycles. The zero-order valence-corrected chi connectivity index (χ0v) is 12.4. The van der Waals surface area contributed by atoms with Gasteiger partial charge < -0.3 is 0 Å². The SMILES string of the molecule is Cl.NN(C(=O)c1cccc(I)c1)c1ccccc1. The van der Waals surface area contributed by atoms with E-state index in [0.29, 0.717) is 11.3 Å². The van der Waals surface area contributed by atoms with Crippen molar-refractivity contribution in [2.24, 2.45) is 5.84 Å². The Morgan fingerprint density at radius 3 is 2.33 bits per heavy atom. The van der Waals surface area contributed by atoms with Crippen LogP contribution in [-0.4, -0.2) is 5.91 Å². The van der Waals surface area contributed by atoms with Gasteiger partial charge >= 0.3 is 0 Å². The summed E-state index contributed by atoms with van der Waals surface area (Å²) in [4.78, 5) is 12.1. The number of para-hydroxylation sites is 1. The van der Waals surface area contributed by atoms with Gasteiger partial charge in [-0.15, -0.1) is 12.4 Å². The van der Waals surface area contributed by atoms with E-state index < -0.39 is 0 Å². The summed E-state index contributed by atoms with van der Waals surface area (Å²) in [6.07, 6.45) is 0. The molecule has 0 bridgehead atoms. The van der Waals surface area contributed by atoms with Crippen LogP contribution in [0.15, 0.2) is 54.6 Å². The summed E-state index contributed by atoms with van der Waals surface area (Å²) in [5.41, 5.74) is 1.26. The number of amides is 1. The number of nitrogens with two attached hydrogens (primary N) is 1. The van der Waals surface area contributed by atoms with Gasteiger partial charge in [0.05, 0.1) is 5.69 Å². The average molecular weight is 375 g/mol. The molecular weight excluding hydrogens is 363 g/mol. The molecule has 0 aliphatic rings. The van der Waals surface area contributed by atoms with Gasteiger partial charge in [0.25, 0.3) is 5.91 Å². The predicted octanol–water partition coefficient (Wildman–Crippen LogP) is 3.23. The van der Waals surface area contributed by atoms with Crippen LogP contribution in [0.4, 0.5) is 5.69 Å². The first-order chi connectivity index (χ1) is 8.18. The van der Waals surface area contributed by atoms with Gasteiger partial charge in [-0.1, -0.05) is 24.3 Å². The minimum absolute atomic E-state index is 0. The first kappa shape index (κ1) is 14.9. The van der Waals surface area contributed by atoms with Crippen molar-refractivity contribution >= 4 is 46.6 Å². The number of nitrogens with zero attached hydrogens (tertiary/aromatic N) is 1. The Morgan fingerprint density at radius 2 is 1.72 bits per heavy atom. The van der Waals surface area contributed by atoms with E-state index in [-0.39, 0.29) is 18.3 Å². The normalized spacial score (nSPS) is 9.44. The van der Waals surface area contributed by atoms with E-state index >= 15 is 0 Å². The number of rotatable bonds is 2. The van der Waals surface area contributed by atoms with Gasteiger partial charge in [-0.25, -0.2) is 10.9 Å². The summed E-state index contributed by atoms with van der Waals surface area (Å²) in [7, 11) is 0. The van der Waals surface area contributed by atoms with Gasteiger partial charge in [-0.3, -0.25) is 4.79 Å². The zero-order chi connectivity index (χ0) is 12.3. The van der Waals surface area contributed by atoms with Crippen molar-refractivity contribution in [1.29, 1.82) is 0 Å². The fourth-order valence-corrected chi connectivity index (χ4v) is 2.01. The molecule has 94 valence electrons. The number of hydrogen-bond acceptors (Lipinski definition) is 2. The molecule has 0 unspecified atom stereocenters. The van der Waals surface area contributed by atoms with Crippen molar-refractivity contribution in [3.63, 3.8) is 0 Å². The number of hydrogen-bond donors (Lipinski definition) is 1. The molecule has 0 saturated carbocycles. The Hall–Kier alpha value is -1.11. The summed E-state index contributed by atoms with van der Waals surface area (Å²) in [5.74, 6) is 5.59. The Labute approximate surface area is 125 Å². The number of benzene rings is 2. The van der Waals surface area contributed by atoms with Crippen LogP contribution in [-0.2, 0) is 0 Å². The summed E-state index contributed by atoms with van der Waals surface area (Å²) in [6, 6.07) is 16.5. The minimum Gasteiger partial charge on any atom is -0.267 e. The Kier molecular flexibility index (Phi) is 5.58. The fourth-order valence-electron chi connectivity index (χ4n) is 1.47. The van der Waals surface area contributed by atoms with Gasteiger partial charge in [0, 0.05) is 9.13 Å². The zero-order valence-electron chi connectivity index (χ0n) is 9.42. The molecule has 0 aliphatic carbocycles. The van der Waals surface area contributed by atoms with Crippen LogP contribution in [0, 0.1) is 3.57 Å². The topological polar surface area (TPSA) is 46.3 Å². The van der Waals surface area contributed by atoms with Gasteiger partial charge in [-0.2, -0.15) is 0 Å². The standard InChI is InChI=1S/C13H11IN2O.ClH/c14-11-6-4-5-10(9-11)13(17)16(15)12-7-2-1-3-8-12;/h1-9H,15H2;1H. The monoisotopic (exact) mass is 374 g/mol. The van der Waals surface area contributed by atoms with Gasteiger partial charge in [0.15, 0.2) is 0 Å². The van der Waals surface area contributed by atoms with Crippen molar-refractivity contribution in [3.8, 4) is 0 Å². The summed E-state index contributed by atoms with van der Waals surface area (Å²) >= 11 is 2.17. The lowest BCUT2D eigenvalue weighted by Crippen LogP contribution is -2.37. The third-order valence-corrected chi connectivity index (χ3v) is 3.00. The van der Waals surface area contributed by atoms with E-state index in [2.05, 4.69) is 22.6 Å². The third-order valence-electron chi connectivity index (χ3n) is 2.32. The number of carbonyl (C=O) groups excluding carboxylic acids is 1. The maximum Gasteiger partial charge on any atom is 0.272 e. The maximum atomic E-state index is 12.1. The molecule has 0 aromatic heterocycles. The summed E-state index contributed by atoms with van der Waals surface area (Å²) in [6.45, 7) is 0. The van der Waals surface area contributed by atoms with Crippen LogP contribution in [0.25, 0.3) is 0 Å². The Bertz CT molecular complexity index is 534. The first-order valence-electron chi connectivity index (χ1n) is 5.08. The molecule has 3 nitrogen and oxygen atoms in total. The van der Waals surface area contributed by atoms with E-state index in [9.17, 15) is 4.79 Å². The number of anilines is 1. The molecule has 2 N–H and O–H groups in total. The van der Waals surface area contributed by atoms with E-state index in [1.807, 2.05) is 36.4 Å². The van der Waals surface area contributed by atoms with Crippen molar-refractivity contribution in [3.05, 3.63) is 63.7 Å². The average Bonchev–Trinajstić information content (AvgIpc) is 2.38. The van der Waals surface area contributed by atoms with Crippen LogP contribution in [0.3, 0.4) is 0 Å². The van der Waals surface area contributed by atoms with Crippen LogP contribution in [0.1, 0.15) is 10.4 Å². The number of carbonyl (C=O) groups is 1. The molecule has 2 rings (SSSR count). The minimum atomic E-state index is -0.213. The molecule has 0 fully saturated rings. The van der Waals surface area contributed by atoms with Crippen LogP contribution < -0.4 is 10.9 Å². The number of hydrazine groups is 1. The highest BCUT2D eigenvalue weighted by Crippen LogP contribution is 2.14. The van der Waals surface area contributed by atoms with E-state index in [4.69, 9.17) is 5.84 Å². The number of halogens is 2. The van der Waals surface area contributed by atoms with E-state index in [1.54, 1.807) is 18.2 Å². The molecule has 1 amide bonds. The Morgan fingerprint density at radius 1 is 1.06 bits per heavy atom. The van der Waals surface area contributed by atoms with Crippen LogP contribution in [0.5, 0.6) is 0 Å².